The minimum absolute atomic E-state index is 0.0951. The van der Waals surface area contributed by atoms with Crippen molar-refractivity contribution in [2.24, 2.45) is 0 Å². The lowest BCUT2D eigenvalue weighted by atomic mass is 10.2. The first-order chi connectivity index (χ1) is 9.95. The molecule has 2 heterocycles. The third kappa shape index (κ3) is 3.22. The van der Waals surface area contributed by atoms with E-state index in [0.29, 0.717) is 18.5 Å². The summed E-state index contributed by atoms with van der Waals surface area (Å²) in [7, 11) is 1.56. The third-order valence-corrected chi connectivity index (χ3v) is 4.69. The normalized spacial score (nSPS) is 11.0. The van der Waals surface area contributed by atoms with Crippen LogP contribution in [0.1, 0.15) is 10.4 Å². The van der Waals surface area contributed by atoms with Crippen molar-refractivity contribution in [3.05, 3.63) is 25.6 Å². The molecule has 6 nitrogen and oxygen atoms in total. The van der Waals surface area contributed by atoms with Crippen molar-refractivity contribution >= 4 is 39.7 Å². The summed E-state index contributed by atoms with van der Waals surface area (Å²) in [6.07, 6.45) is 0. The van der Waals surface area contributed by atoms with E-state index in [1.54, 1.807) is 7.11 Å². The number of rotatable bonds is 5. The molecule has 2 aromatic heterocycles. The minimum Gasteiger partial charge on any atom is -0.383 e. The number of carbonyl (C=O) groups excluding carboxylic acids is 1. The molecule has 0 aliphatic rings. The zero-order valence-electron chi connectivity index (χ0n) is 12.1. The van der Waals surface area contributed by atoms with E-state index >= 15 is 0 Å². The molecule has 0 spiro atoms. The molecule has 0 saturated heterocycles. The highest BCUT2D eigenvalue weighted by Gasteiger charge is 2.14. The number of aromatic amines is 1. The number of aromatic nitrogens is 2. The number of ether oxygens (including phenoxy) is 1. The molecule has 2 rings (SSSR count). The molecule has 0 unspecified atom stereocenters. The molecule has 0 fully saturated rings. The van der Waals surface area contributed by atoms with Crippen LogP contribution in [-0.4, -0.2) is 35.7 Å². The van der Waals surface area contributed by atoms with Gasteiger partial charge < -0.3 is 15.0 Å². The Kier molecular flexibility index (Phi) is 4.92. The average molecular weight is 327 g/mol. The molecule has 0 saturated carbocycles. The van der Waals surface area contributed by atoms with Crippen molar-refractivity contribution in [1.29, 1.82) is 0 Å². The molecular formula is C13H17N3O3S2. The van der Waals surface area contributed by atoms with Crippen LogP contribution in [0, 0.1) is 18.6 Å². The fourth-order valence-corrected chi connectivity index (χ4v) is 3.37. The van der Waals surface area contributed by atoms with Crippen molar-refractivity contribution in [1.82, 2.24) is 14.9 Å². The Morgan fingerprint density at radius 2 is 2.19 bits per heavy atom. The number of hydrogen-bond acceptors (Lipinski definition) is 5. The van der Waals surface area contributed by atoms with Crippen LogP contribution in [0.5, 0.6) is 0 Å². The fourth-order valence-electron chi connectivity index (χ4n) is 2.00. The van der Waals surface area contributed by atoms with Gasteiger partial charge in [0.15, 0.2) is 4.77 Å². The number of hydrogen-bond donors (Lipinski definition) is 2. The maximum atomic E-state index is 12.5. The van der Waals surface area contributed by atoms with Crippen LogP contribution in [0.25, 0.3) is 10.2 Å². The maximum absolute atomic E-state index is 12.5. The van der Waals surface area contributed by atoms with Gasteiger partial charge in [-0.1, -0.05) is 0 Å². The number of aryl methyl sites for hydroxylation is 2. The van der Waals surface area contributed by atoms with E-state index in [-0.39, 0.29) is 22.8 Å². The molecule has 0 aliphatic heterocycles. The second-order valence-electron chi connectivity index (χ2n) is 4.65. The highest BCUT2D eigenvalue weighted by molar-refractivity contribution is 7.71. The number of H-pyrrole nitrogens is 1. The van der Waals surface area contributed by atoms with Crippen molar-refractivity contribution < 1.29 is 9.53 Å². The number of nitrogens with zero attached hydrogens (tertiary/aromatic N) is 1. The summed E-state index contributed by atoms with van der Waals surface area (Å²) in [6, 6.07) is 0. The van der Waals surface area contributed by atoms with Crippen LogP contribution in [-0.2, 0) is 16.1 Å². The lowest BCUT2D eigenvalue weighted by molar-refractivity contribution is -0.121. The highest BCUT2D eigenvalue weighted by atomic mass is 32.1. The Morgan fingerprint density at radius 3 is 2.86 bits per heavy atom. The molecule has 8 heteroatoms. The van der Waals surface area contributed by atoms with Gasteiger partial charge in [0, 0.05) is 18.5 Å². The van der Waals surface area contributed by atoms with Crippen molar-refractivity contribution in [2.75, 3.05) is 20.3 Å². The summed E-state index contributed by atoms with van der Waals surface area (Å²) in [4.78, 5) is 29.2. The zero-order valence-corrected chi connectivity index (χ0v) is 13.7. The molecular weight excluding hydrogens is 310 g/mol. The van der Waals surface area contributed by atoms with E-state index < -0.39 is 0 Å². The summed E-state index contributed by atoms with van der Waals surface area (Å²) in [5, 5.41) is 3.28. The molecule has 1 amide bonds. The largest absolute Gasteiger partial charge is 0.383 e. The van der Waals surface area contributed by atoms with Gasteiger partial charge in [0.05, 0.1) is 12.0 Å². The first-order valence-electron chi connectivity index (χ1n) is 6.44. The van der Waals surface area contributed by atoms with Crippen LogP contribution in [0.2, 0.25) is 0 Å². The molecule has 0 radical (unpaired) electrons. The van der Waals surface area contributed by atoms with Gasteiger partial charge in [0.1, 0.15) is 11.4 Å². The van der Waals surface area contributed by atoms with E-state index in [9.17, 15) is 9.59 Å². The number of fused-ring (bicyclic) bond motifs is 1. The molecule has 0 aliphatic carbocycles. The second-order valence-corrected chi connectivity index (χ2v) is 6.26. The smallest absolute Gasteiger partial charge is 0.263 e. The lowest BCUT2D eigenvalue weighted by Gasteiger charge is -2.07. The number of thiophene rings is 1. The Balaban J connectivity index is 2.36. The average Bonchev–Trinajstić information content (AvgIpc) is 2.70. The number of carbonyl (C=O) groups is 1. The standard InChI is InChI=1S/C13H17N3O3S2/c1-7-8(2)21-11-10(7)12(18)16(13(20)15-11)6-9(17)14-4-5-19-3/h4-6H2,1-3H3,(H,14,17)(H,15,20). The third-order valence-electron chi connectivity index (χ3n) is 3.24. The van der Waals surface area contributed by atoms with Gasteiger partial charge in [-0.3, -0.25) is 14.2 Å². The Hall–Kier alpha value is -1.51. The number of amides is 1. The van der Waals surface area contributed by atoms with E-state index in [2.05, 4.69) is 10.3 Å². The van der Waals surface area contributed by atoms with Gasteiger partial charge >= 0.3 is 0 Å². The second kappa shape index (κ2) is 6.50. The summed E-state index contributed by atoms with van der Waals surface area (Å²) in [5.41, 5.74) is 0.706. The zero-order chi connectivity index (χ0) is 15.6. The van der Waals surface area contributed by atoms with Gasteiger partial charge in [0.25, 0.3) is 5.56 Å². The Bertz CT molecular complexity index is 788. The SMILES string of the molecule is COCCNC(=O)Cn1c(=S)[nH]c2sc(C)c(C)c2c1=O. The number of methoxy groups -OCH3 is 1. The molecule has 21 heavy (non-hydrogen) atoms. The van der Waals surface area contributed by atoms with Crippen molar-refractivity contribution in [3.63, 3.8) is 0 Å². The molecule has 0 bridgehead atoms. The van der Waals surface area contributed by atoms with Crippen LogP contribution in [0.4, 0.5) is 0 Å². The summed E-state index contributed by atoms with van der Waals surface area (Å²) in [5.74, 6) is -0.266. The summed E-state index contributed by atoms with van der Waals surface area (Å²) < 4.78 is 6.41. The topological polar surface area (TPSA) is 76.1 Å². The van der Waals surface area contributed by atoms with Crippen LogP contribution >= 0.6 is 23.6 Å². The van der Waals surface area contributed by atoms with Gasteiger partial charge in [-0.05, 0) is 31.6 Å². The predicted molar refractivity (Wildman–Crippen MR) is 85.6 cm³/mol. The molecule has 2 aromatic rings. The Morgan fingerprint density at radius 1 is 1.48 bits per heavy atom. The van der Waals surface area contributed by atoms with E-state index in [1.807, 2.05) is 13.8 Å². The Labute approximate surface area is 130 Å². The van der Waals surface area contributed by atoms with Gasteiger partial charge in [0.2, 0.25) is 5.91 Å². The minimum atomic E-state index is -0.266. The maximum Gasteiger partial charge on any atom is 0.263 e. The van der Waals surface area contributed by atoms with Gasteiger partial charge in [-0.15, -0.1) is 11.3 Å². The first kappa shape index (κ1) is 15.9. The van der Waals surface area contributed by atoms with E-state index in [4.69, 9.17) is 17.0 Å². The van der Waals surface area contributed by atoms with Crippen molar-refractivity contribution in [3.8, 4) is 0 Å². The molecule has 2 N–H and O–H groups in total. The molecule has 114 valence electrons. The van der Waals surface area contributed by atoms with Crippen LogP contribution in [0.3, 0.4) is 0 Å². The summed E-state index contributed by atoms with van der Waals surface area (Å²) in [6.45, 7) is 4.59. The van der Waals surface area contributed by atoms with E-state index in [0.717, 1.165) is 15.3 Å². The predicted octanol–water partition coefficient (Wildman–Crippen LogP) is 1.50. The van der Waals surface area contributed by atoms with Gasteiger partial charge in [-0.25, -0.2) is 0 Å². The fraction of sp³-hybridized carbons (Fsp3) is 0.462. The number of nitrogens with one attached hydrogen (secondary N) is 2. The first-order valence-corrected chi connectivity index (χ1v) is 7.66. The van der Waals surface area contributed by atoms with E-state index in [1.165, 1.54) is 15.9 Å². The molecule has 0 aromatic carbocycles. The van der Waals surface area contributed by atoms with Crippen LogP contribution in [0.15, 0.2) is 4.79 Å². The van der Waals surface area contributed by atoms with Crippen molar-refractivity contribution in [2.45, 2.75) is 20.4 Å². The monoisotopic (exact) mass is 327 g/mol. The summed E-state index contributed by atoms with van der Waals surface area (Å²) >= 11 is 6.68. The lowest BCUT2D eigenvalue weighted by Crippen LogP contribution is -2.34. The molecule has 0 atom stereocenters. The van der Waals surface area contributed by atoms with Crippen LogP contribution < -0.4 is 10.9 Å². The quantitative estimate of drug-likeness (QED) is 0.644. The highest BCUT2D eigenvalue weighted by Crippen LogP contribution is 2.25. The van der Waals surface area contributed by atoms with Gasteiger partial charge in [-0.2, -0.15) is 0 Å².